The van der Waals surface area contributed by atoms with Crippen molar-refractivity contribution in [1.29, 1.82) is 0 Å². The van der Waals surface area contributed by atoms with Crippen LogP contribution in [0, 0.1) is 0 Å². The Morgan fingerprint density at radius 1 is 0.373 bits per heavy atom. The van der Waals surface area contributed by atoms with Gasteiger partial charge in [0.15, 0.2) is 0 Å². The molecule has 0 bridgehead atoms. The Hall–Kier alpha value is -5.34. The van der Waals surface area contributed by atoms with E-state index >= 15 is 0 Å². The average molecular weight is 693 g/mol. The van der Waals surface area contributed by atoms with E-state index in [0.717, 1.165) is 5.69 Å². The largest absolute Gasteiger partial charge is 0.309 e. The Balaban J connectivity index is 1.01. The lowest BCUT2D eigenvalue weighted by molar-refractivity contribution is 0.203. The molecule has 3 aromatic heterocycles. The van der Waals surface area contributed by atoms with E-state index < -0.39 is 0 Å². The molecule has 1 saturated heterocycles. The second-order valence-corrected chi connectivity index (χ2v) is 15.6. The smallest absolute Gasteiger partial charge is 0.0865 e. The van der Waals surface area contributed by atoms with Crippen molar-refractivity contribution >= 4 is 84.8 Å². The highest BCUT2D eigenvalue weighted by Crippen LogP contribution is 2.45. The number of hydrogen-bond donors (Lipinski definition) is 3. The van der Waals surface area contributed by atoms with Gasteiger partial charge in [0.1, 0.15) is 0 Å². The maximum absolute atomic E-state index is 3.95. The van der Waals surface area contributed by atoms with E-state index in [4.69, 9.17) is 0 Å². The Morgan fingerprint density at radius 3 is 1.59 bits per heavy atom. The minimum atomic E-state index is -0.0919. The van der Waals surface area contributed by atoms with Crippen LogP contribution in [0.1, 0.15) is 35.2 Å². The fourth-order valence-electron chi connectivity index (χ4n) is 8.12. The normalized spacial score (nSPS) is 18.2. The van der Waals surface area contributed by atoms with Gasteiger partial charge < -0.3 is 4.57 Å². The van der Waals surface area contributed by atoms with Crippen molar-refractivity contribution in [2.75, 3.05) is 0 Å². The Kier molecular flexibility index (Phi) is 6.69. The van der Waals surface area contributed by atoms with Crippen molar-refractivity contribution in [2.45, 2.75) is 18.5 Å². The number of thiophene rings is 2. The van der Waals surface area contributed by atoms with Gasteiger partial charge in [-0.3, -0.25) is 16.0 Å². The third-order valence-corrected chi connectivity index (χ3v) is 13.0. The van der Waals surface area contributed by atoms with E-state index in [2.05, 4.69) is 178 Å². The van der Waals surface area contributed by atoms with Crippen molar-refractivity contribution in [1.82, 2.24) is 20.5 Å². The first kappa shape index (κ1) is 29.4. The monoisotopic (exact) mass is 692 g/mol. The molecular weight excluding hydrogens is 661 g/mol. The molecule has 3 N–H and O–H groups in total. The lowest BCUT2D eigenvalue weighted by atomic mass is 10.0. The zero-order valence-electron chi connectivity index (χ0n) is 27.5. The first-order valence-corrected chi connectivity index (χ1v) is 19.1. The number of nitrogens with one attached hydrogen (secondary N) is 3. The summed E-state index contributed by atoms with van der Waals surface area (Å²) in [5, 5.41) is 19.7. The van der Waals surface area contributed by atoms with Crippen LogP contribution in [0.2, 0.25) is 0 Å². The van der Waals surface area contributed by atoms with E-state index in [-0.39, 0.29) is 18.5 Å². The van der Waals surface area contributed by atoms with Crippen LogP contribution >= 0.6 is 22.7 Å². The third-order valence-electron chi connectivity index (χ3n) is 10.5. The van der Waals surface area contributed by atoms with E-state index in [1.807, 2.05) is 22.7 Å². The molecule has 6 heteroatoms. The van der Waals surface area contributed by atoms with Crippen molar-refractivity contribution in [3.05, 3.63) is 174 Å². The van der Waals surface area contributed by atoms with Gasteiger partial charge in [-0.25, -0.2) is 0 Å². The summed E-state index contributed by atoms with van der Waals surface area (Å²) in [5.74, 6) is 0. The van der Waals surface area contributed by atoms with Gasteiger partial charge in [-0.15, -0.1) is 22.7 Å². The van der Waals surface area contributed by atoms with E-state index in [1.165, 1.54) is 78.8 Å². The summed E-state index contributed by atoms with van der Waals surface area (Å²) >= 11 is 3.83. The predicted molar refractivity (Wildman–Crippen MR) is 217 cm³/mol. The highest BCUT2D eigenvalue weighted by molar-refractivity contribution is 7.33. The second-order valence-electron chi connectivity index (χ2n) is 13.4. The standard InChI is InChI=1S/C45H32N4S2/c1-2-11-27(12-3-1)43-46-44(28-13-10-14-30(25-28)49-37-18-7-4-15-31(37)32-16-5-8-19-38(32)49)48-45(47-43)29-21-22-34-36-24-23-35-33-17-6-9-20-39(33)50-41(35)42(36)51-40(34)26-29/h1-26,43-48H. The first-order valence-electron chi connectivity index (χ1n) is 17.4. The Labute approximate surface area is 302 Å². The molecule has 1 fully saturated rings. The fraction of sp³-hybridized carbons (Fsp3) is 0.0667. The van der Waals surface area contributed by atoms with Gasteiger partial charge in [-0.1, -0.05) is 121 Å². The Morgan fingerprint density at radius 2 is 0.882 bits per heavy atom. The summed E-state index contributed by atoms with van der Waals surface area (Å²) in [5.41, 5.74) is 7.21. The topological polar surface area (TPSA) is 41.0 Å². The summed E-state index contributed by atoms with van der Waals surface area (Å²) < 4.78 is 7.83. The summed E-state index contributed by atoms with van der Waals surface area (Å²) in [7, 11) is 0. The minimum absolute atomic E-state index is 0.0457. The van der Waals surface area contributed by atoms with E-state index in [0.29, 0.717) is 0 Å². The average Bonchev–Trinajstić information content (AvgIpc) is 3.87. The maximum Gasteiger partial charge on any atom is 0.0865 e. The van der Waals surface area contributed by atoms with Gasteiger partial charge in [0.25, 0.3) is 0 Å². The maximum atomic E-state index is 3.95. The second kappa shape index (κ2) is 11.6. The summed E-state index contributed by atoms with van der Waals surface area (Å²) in [4.78, 5) is 0. The third kappa shape index (κ3) is 4.69. The van der Waals surface area contributed by atoms with Crippen LogP contribution in [-0.4, -0.2) is 4.57 Å². The summed E-state index contributed by atoms with van der Waals surface area (Å²) in [6, 6.07) is 57.5. The van der Waals surface area contributed by atoms with Crippen LogP contribution in [0.3, 0.4) is 0 Å². The lowest BCUT2D eigenvalue weighted by Crippen LogP contribution is -2.54. The van der Waals surface area contributed by atoms with E-state index in [1.54, 1.807) is 0 Å². The van der Waals surface area contributed by atoms with Gasteiger partial charge >= 0.3 is 0 Å². The van der Waals surface area contributed by atoms with Crippen molar-refractivity contribution in [3.8, 4) is 5.69 Å². The number of fused-ring (bicyclic) bond motifs is 10. The van der Waals surface area contributed by atoms with Gasteiger partial charge in [-0.05, 0) is 53.1 Å². The van der Waals surface area contributed by atoms with Crippen molar-refractivity contribution in [2.24, 2.45) is 0 Å². The molecule has 0 aliphatic carbocycles. The van der Waals surface area contributed by atoms with Crippen LogP contribution in [0.5, 0.6) is 0 Å². The number of benzene rings is 7. The molecule has 1 aliphatic heterocycles. The fourth-order valence-corrected chi connectivity index (χ4v) is 10.7. The van der Waals surface area contributed by atoms with Gasteiger partial charge in [0, 0.05) is 47.4 Å². The molecule has 7 aromatic carbocycles. The van der Waals surface area contributed by atoms with Gasteiger partial charge in [-0.2, -0.15) is 0 Å². The molecule has 3 atom stereocenters. The van der Waals surface area contributed by atoms with Crippen molar-refractivity contribution in [3.63, 3.8) is 0 Å². The van der Waals surface area contributed by atoms with Gasteiger partial charge in [0.2, 0.25) is 0 Å². The molecule has 10 aromatic rings. The minimum Gasteiger partial charge on any atom is -0.309 e. The zero-order valence-corrected chi connectivity index (χ0v) is 29.1. The molecule has 0 saturated carbocycles. The highest BCUT2D eigenvalue weighted by Gasteiger charge is 2.30. The quantitative estimate of drug-likeness (QED) is 0.172. The molecule has 1 aliphatic rings. The molecule has 3 unspecified atom stereocenters. The molecule has 0 amide bonds. The van der Waals surface area contributed by atoms with Crippen LogP contribution in [0.25, 0.3) is 67.8 Å². The Bertz CT molecular complexity index is 2880. The molecule has 4 heterocycles. The number of rotatable bonds is 4. The molecule has 51 heavy (non-hydrogen) atoms. The lowest BCUT2D eigenvalue weighted by Gasteiger charge is -2.39. The molecule has 4 nitrogen and oxygen atoms in total. The number of para-hydroxylation sites is 2. The van der Waals surface area contributed by atoms with Gasteiger partial charge in [0.05, 0.1) is 38.9 Å². The molecule has 11 rings (SSSR count). The predicted octanol–water partition coefficient (Wildman–Crippen LogP) is 11.7. The first-order chi connectivity index (χ1) is 25.3. The van der Waals surface area contributed by atoms with Crippen LogP contribution in [-0.2, 0) is 0 Å². The SMILES string of the molecule is c1ccc(C2NC(c3cccc(-n4c5ccccc5c5ccccc54)c3)NC(c3ccc4c(c3)sc3c4ccc4c5ccccc5sc43)N2)cc1. The number of hydrogen-bond acceptors (Lipinski definition) is 5. The summed E-state index contributed by atoms with van der Waals surface area (Å²) in [6.45, 7) is 0. The molecular formula is C45H32N4S2. The van der Waals surface area contributed by atoms with E-state index in [9.17, 15) is 0 Å². The highest BCUT2D eigenvalue weighted by atomic mass is 32.1. The molecule has 244 valence electrons. The van der Waals surface area contributed by atoms with Crippen molar-refractivity contribution < 1.29 is 0 Å². The number of aromatic nitrogens is 1. The van der Waals surface area contributed by atoms with Crippen LogP contribution in [0.4, 0.5) is 0 Å². The summed E-state index contributed by atoms with van der Waals surface area (Å²) in [6.07, 6.45) is -0.210. The zero-order chi connectivity index (χ0) is 33.5. The van der Waals surface area contributed by atoms with Crippen LogP contribution < -0.4 is 16.0 Å². The number of nitrogens with zero attached hydrogens (tertiary/aromatic N) is 1. The molecule has 0 radical (unpaired) electrons. The molecule has 0 spiro atoms. The van der Waals surface area contributed by atoms with Crippen LogP contribution in [0.15, 0.2) is 158 Å².